The van der Waals surface area contributed by atoms with Gasteiger partial charge in [-0.2, -0.15) is 0 Å². The van der Waals surface area contributed by atoms with Crippen LogP contribution in [0, 0.1) is 5.92 Å². The smallest absolute Gasteiger partial charge is 0.239 e. The lowest BCUT2D eigenvalue weighted by atomic mass is 9.99. The highest BCUT2D eigenvalue weighted by molar-refractivity contribution is 6.30. The molecule has 0 aliphatic carbocycles. The van der Waals surface area contributed by atoms with Crippen LogP contribution >= 0.6 is 11.6 Å². The molecule has 0 aliphatic rings. The van der Waals surface area contributed by atoms with Gasteiger partial charge in [0.15, 0.2) is 0 Å². The second-order valence-electron chi connectivity index (χ2n) is 4.98. The molecule has 2 atom stereocenters. The van der Waals surface area contributed by atoms with E-state index in [0.717, 1.165) is 6.42 Å². The van der Waals surface area contributed by atoms with Crippen molar-refractivity contribution in [1.29, 1.82) is 0 Å². The third-order valence-corrected chi connectivity index (χ3v) is 3.64. The molecular weight excluding hydrogens is 276 g/mol. The van der Waals surface area contributed by atoms with Crippen LogP contribution in [0.1, 0.15) is 20.3 Å². The molecule has 1 aromatic rings. The standard InChI is InChI=1S/C15H23ClN2O2/c1-4-11(2)14(17)15(19)18(3)8-9-20-13-7-5-6-12(16)10-13/h5-7,10-11,14H,4,8-9,17H2,1-3H3/t11-,14-/m0/s1. The average molecular weight is 299 g/mol. The lowest BCUT2D eigenvalue weighted by Gasteiger charge is -2.24. The van der Waals surface area contributed by atoms with Crippen LogP contribution in [0.5, 0.6) is 5.75 Å². The van der Waals surface area contributed by atoms with E-state index >= 15 is 0 Å². The number of benzene rings is 1. The normalized spacial score (nSPS) is 13.7. The highest BCUT2D eigenvalue weighted by Gasteiger charge is 2.22. The van der Waals surface area contributed by atoms with Crippen molar-refractivity contribution in [2.75, 3.05) is 20.2 Å². The van der Waals surface area contributed by atoms with E-state index in [0.29, 0.717) is 23.9 Å². The number of amides is 1. The monoisotopic (exact) mass is 298 g/mol. The van der Waals surface area contributed by atoms with Gasteiger partial charge in [0.25, 0.3) is 0 Å². The van der Waals surface area contributed by atoms with Crippen molar-refractivity contribution in [2.24, 2.45) is 11.7 Å². The Kier molecular flexibility index (Phi) is 6.82. The third kappa shape index (κ3) is 5.02. The molecule has 5 heteroatoms. The van der Waals surface area contributed by atoms with Crippen LogP contribution in [0.3, 0.4) is 0 Å². The molecule has 0 aromatic heterocycles. The van der Waals surface area contributed by atoms with Gasteiger partial charge in [-0.25, -0.2) is 0 Å². The molecule has 0 fully saturated rings. The fraction of sp³-hybridized carbons (Fsp3) is 0.533. The number of carbonyl (C=O) groups is 1. The lowest BCUT2D eigenvalue weighted by Crippen LogP contribution is -2.46. The topological polar surface area (TPSA) is 55.6 Å². The summed E-state index contributed by atoms with van der Waals surface area (Å²) >= 11 is 5.87. The Balaban J connectivity index is 2.39. The first kappa shape index (κ1) is 16.8. The van der Waals surface area contributed by atoms with E-state index in [4.69, 9.17) is 22.1 Å². The van der Waals surface area contributed by atoms with Gasteiger partial charge in [-0.1, -0.05) is 37.9 Å². The van der Waals surface area contributed by atoms with E-state index in [1.807, 2.05) is 26.0 Å². The summed E-state index contributed by atoms with van der Waals surface area (Å²) < 4.78 is 5.56. The largest absolute Gasteiger partial charge is 0.492 e. The van der Waals surface area contributed by atoms with E-state index < -0.39 is 6.04 Å². The number of ether oxygens (including phenoxy) is 1. The molecule has 0 unspecified atom stereocenters. The van der Waals surface area contributed by atoms with Crippen LogP contribution in [0.15, 0.2) is 24.3 Å². The van der Waals surface area contributed by atoms with Crippen molar-refractivity contribution in [1.82, 2.24) is 4.90 Å². The molecular formula is C15H23ClN2O2. The summed E-state index contributed by atoms with van der Waals surface area (Å²) in [5.74, 6) is 0.831. The minimum atomic E-state index is -0.448. The van der Waals surface area contributed by atoms with Gasteiger partial charge >= 0.3 is 0 Å². The SMILES string of the molecule is CC[C@H](C)[C@H](N)C(=O)N(C)CCOc1cccc(Cl)c1. The molecule has 0 aliphatic heterocycles. The second-order valence-corrected chi connectivity index (χ2v) is 5.41. The zero-order chi connectivity index (χ0) is 15.1. The molecule has 0 heterocycles. The first-order valence-electron chi connectivity index (χ1n) is 6.84. The molecule has 1 amide bonds. The van der Waals surface area contributed by atoms with Crippen LogP contribution < -0.4 is 10.5 Å². The predicted molar refractivity (Wildman–Crippen MR) is 82.0 cm³/mol. The quantitative estimate of drug-likeness (QED) is 0.841. The third-order valence-electron chi connectivity index (χ3n) is 3.41. The summed E-state index contributed by atoms with van der Waals surface area (Å²) in [5.41, 5.74) is 5.93. The first-order valence-corrected chi connectivity index (χ1v) is 7.22. The van der Waals surface area contributed by atoms with Gasteiger partial charge in [0.1, 0.15) is 12.4 Å². The van der Waals surface area contributed by atoms with E-state index in [9.17, 15) is 4.79 Å². The molecule has 1 rings (SSSR count). The van der Waals surface area contributed by atoms with Crippen molar-refractivity contribution >= 4 is 17.5 Å². The Labute approximate surface area is 125 Å². The molecule has 20 heavy (non-hydrogen) atoms. The molecule has 1 aromatic carbocycles. The van der Waals surface area contributed by atoms with Crippen molar-refractivity contribution in [3.05, 3.63) is 29.3 Å². The van der Waals surface area contributed by atoms with E-state index in [1.165, 1.54) is 0 Å². The Hall–Kier alpha value is -1.26. The van der Waals surface area contributed by atoms with Crippen LogP contribution in [0.25, 0.3) is 0 Å². The maximum atomic E-state index is 12.1. The molecule has 112 valence electrons. The van der Waals surface area contributed by atoms with Crippen molar-refractivity contribution in [2.45, 2.75) is 26.3 Å². The zero-order valence-corrected chi connectivity index (χ0v) is 13.1. The van der Waals surface area contributed by atoms with E-state index in [1.54, 1.807) is 24.1 Å². The number of halogens is 1. The molecule has 2 N–H and O–H groups in total. The van der Waals surface area contributed by atoms with Crippen LogP contribution in [0.4, 0.5) is 0 Å². The number of carbonyl (C=O) groups excluding carboxylic acids is 1. The van der Waals surface area contributed by atoms with Gasteiger partial charge < -0.3 is 15.4 Å². The van der Waals surface area contributed by atoms with Crippen LogP contribution in [0.2, 0.25) is 5.02 Å². The molecule has 4 nitrogen and oxygen atoms in total. The predicted octanol–water partition coefficient (Wildman–Crippen LogP) is 2.55. The summed E-state index contributed by atoms with van der Waals surface area (Å²) in [4.78, 5) is 13.7. The van der Waals surface area contributed by atoms with Crippen molar-refractivity contribution in [3.8, 4) is 5.75 Å². The van der Waals surface area contributed by atoms with Crippen molar-refractivity contribution in [3.63, 3.8) is 0 Å². The van der Waals surface area contributed by atoms with E-state index in [2.05, 4.69) is 0 Å². The van der Waals surface area contributed by atoms with Gasteiger partial charge in [0, 0.05) is 12.1 Å². The van der Waals surface area contributed by atoms with Crippen molar-refractivity contribution < 1.29 is 9.53 Å². The maximum absolute atomic E-state index is 12.1. The minimum Gasteiger partial charge on any atom is -0.492 e. The summed E-state index contributed by atoms with van der Waals surface area (Å²) in [6.45, 7) is 4.92. The van der Waals surface area contributed by atoms with Gasteiger partial charge in [0.2, 0.25) is 5.91 Å². The second kappa shape index (κ2) is 8.12. The average Bonchev–Trinajstić information content (AvgIpc) is 2.44. The van der Waals surface area contributed by atoms with Gasteiger partial charge in [-0.05, 0) is 24.1 Å². The van der Waals surface area contributed by atoms with Gasteiger partial charge in [-0.15, -0.1) is 0 Å². The molecule has 0 radical (unpaired) electrons. The Morgan fingerprint density at radius 3 is 2.80 bits per heavy atom. The van der Waals surface area contributed by atoms with Crippen LogP contribution in [-0.4, -0.2) is 37.0 Å². The summed E-state index contributed by atoms with van der Waals surface area (Å²) in [5, 5.41) is 0.630. The first-order chi connectivity index (χ1) is 9.45. The van der Waals surface area contributed by atoms with Crippen LogP contribution in [-0.2, 0) is 4.79 Å². The molecule has 0 spiro atoms. The fourth-order valence-electron chi connectivity index (χ4n) is 1.72. The van der Waals surface area contributed by atoms with Gasteiger partial charge in [0.05, 0.1) is 12.6 Å². The van der Waals surface area contributed by atoms with E-state index in [-0.39, 0.29) is 11.8 Å². The minimum absolute atomic E-state index is 0.0472. The summed E-state index contributed by atoms with van der Waals surface area (Å²) in [6, 6.07) is 6.74. The Morgan fingerprint density at radius 2 is 2.20 bits per heavy atom. The number of rotatable bonds is 7. The maximum Gasteiger partial charge on any atom is 0.239 e. The summed E-state index contributed by atoms with van der Waals surface area (Å²) in [7, 11) is 1.74. The Bertz CT molecular complexity index is 440. The summed E-state index contributed by atoms with van der Waals surface area (Å²) in [6.07, 6.45) is 0.889. The lowest BCUT2D eigenvalue weighted by molar-refractivity contribution is -0.132. The molecule has 0 bridgehead atoms. The molecule has 0 saturated carbocycles. The van der Waals surface area contributed by atoms with Gasteiger partial charge in [-0.3, -0.25) is 4.79 Å². The number of nitrogens with zero attached hydrogens (tertiary/aromatic N) is 1. The highest BCUT2D eigenvalue weighted by atomic mass is 35.5. The number of nitrogens with two attached hydrogens (primary N) is 1. The highest BCUT2D eigenvalue weighted by Crippen LogP contribution is 2.17. The molecule has 0 saturated heterocycles. The number of hydrogen-bond donors (Lipinski definition) is 1. The zero-order valence-electron chi connectivity index (χ0n) is 12.3. The fourth-order valence-corrected chi connectivity index (χ4v) is 1.90. The number of hydrogen-bond acceptors (Lipinski definition) is 3. The number of likely N-dealkylation sites (N-methyl/N-ethyl adjacent to an activating group) is 1. The Morgan fingerprint density at radius 1 is 1.50 bits per heavy atom.